The van der Waals surface area contributed by atoms with Crippen molar-refractivity contribution < 1.29 is 0 Å². The Balaban J connectivity index is 1.86. The Kier molecular flexibility index (Phi) is 5.70. The van der Waals surface area contributed by atoms with Crippen LogP contribution in [0.4, 0.5) is 0 Å². The molecule has 0 spiro atoms. The minimum absolute atomic E-state index is 0.537. The third kappa shape index (κ3) is 4.49. The van der Waals surface area contributed by atoms with Gasteiger partial charge < -0.3 is 9.88 Å². The van der Waals surface area contributed by atoms with Crippen molar-refractivity contribution in [1.82, 2.24) is 20.1 Å². The Morgan fingerprint density at radius 3 is 2.79 bits per heavy atom. The summed E-state index contributed by atoms with van der Waals surface area (Å²) in [5.41, 5.74) is 0. The van der Waals surface area contributed by atoms with Crippen LogP contribution in [0.25, 0.3) is 0 Å². The molecule has 1 atom stereocenters. The zero-order valence-electron chi connectivity index (χ0n) is 12.4. The van der Waals surface area contributed by atoms with E-state index in [1.165, 1.54) is 25.1 Å². The van der Waals surface area contributed by atoms with Gasteiger partial charge in [0.05, 0.1) is 0 Å². The van der Waals surface area contributed by atoms with E-state index in [0.717, 1.165) is 31.2 Å². The summed E-state index contributed by atoms with van der Waals surface area (Å²) in [6.45, 7) is 9.95. The van der Waals surface area contributed by atoms with Crippen LogP contribution in [-0.2, 0) is 13.0 Å². The smallest absolute Gasteiger partial charge is 0.191 e. The van der Waals surface area contributed by atoms with E-state index in [1.54, 1.807) is 0 Å². The average Bonchev–Trinajstić information content (AvgIpc) is 2.60. The number of fused-ring (bicyclic) bond motifs is 1. The molecule has 0 saturated heterocycles. The van der Waals surface area contributed by atoms with Gasteiger partial charge in [0, 0.05) is 24.8 Å². The zero-order valence-corrected chi connectivity index (χ0v) is 13.2. The fraction of sp³-hybridized carbons (Fsp3) is 0.857. The third-order valence-electron chi connectivity index (χ3n) is 3.37. The van der Waals surface area contributed by atoms with Crippen molar-refractivity contribution in [3.05, 3.63) is 5.82 Å². The standard InChI is InChI=1S/C14H26N4S/c1-11(2)9-15-10-12(3)19-14-17-16-13-7-5-4-6-8-18(13)14/h11-12,15H,4-10H2,1-3H3. The molecule has 0 fully saturated rings. The fourth-order valence-corrected chi connectivity index (χ4v) is 3.32. The van der Waals surface area contributed by atoms with E-state index < -0.39 is 0 Å². The number of aryl methyl sites for hydroxylation is 1. The van der Waals surface area contributed by atoms with Crippen molar-refractivity contribution >= 4 is 11.8 Å². The van der Waals surface area contributed by atoms with Crippen molar-refractivity contribution in [2.45, 2.75) is 63.4 Å². The highest BCUT2D eigenvalue weighted by atomic mass is 32.2. The number of hydrogen-bond donors (Lipinski definition) is 1. The molecular weight excluding hydrogens is 256 g/mol. The maximum Gasteiger partial charge on any atom is 0.191 e. The van der Waals surface area contributed by atoms with Crippen LogP contribution in [0.15, 0.2) is 5.16 Å². The normalized spacial score (nSPS) is 17.3. The van der Waals surface area contributed by atoms with Crippen LogP contribution in [0.5, 0.6) is 0 Å². The summed E-state index contributed by atoms with van der Waals surface area (Å²) in [6.07, 6.45) is 4.93. The summed E-state index contributed by atoms with van der Waals surface area (Å²) in [4.78, 5) is 0. The van der Waals surface area contributed by atoms with Crippen molar-refractivity contribution in [2.24, 2.45) is 5.92 Å². The first-order chi connectivity index (χ1) is 9.16. The van der Waals surface area contributed by atoms with Crippen LogP contribution in [0, 0.1) is 5.92 Å². The Morgan fingerprint density at radius 1 is 1.16 bits per heavy atom. The lowest BCUT2D eigenvalue weighted by atomic mass is 10.2. The quantitative estimate of drug-likeness (QED) is 0.815. The number of thioether (sulfide) groups is 1. The third-order valence-corrected chi connectivity index (χ3v) is 4.45. The van der Waals surface area contributed by atoms with Crippen LogP contribution in [0.2, 0.25) is 0 Å². The molecule has 0 saturated carbocycles. The van der Waals surface area contributed by atoms with E-state index in [0.29, 0.717) is 11.2 Å². The molecule has 2 rings (SSSR count). The molecule has 2 heterocycles. The van der Waals surface area contributed by atoms with E-state index in [9.17, 15) is 0 Å². The van der Waals surface area contributed by atoms with Gasteiger partial charge in [-0.2, -0.15) is 0 Å². The summed E-state index contributed by atoms with van der Waals surface area (Å²) in [6, 6.07) is 0. The van der Waals surface area contributed by atoms with E-state index in [2.05, 4.69) is 40.9 Å². The maximum absolute atomic E-state index is 4.37. The second-order valence-electron chi connectivity index (χ2n) is 5.84. The highest BCUT2D eigenvalue weighted by Crippen LogP contribution is 2.24. The van der Waals surface area contributed by atoms with Gasteiger partial charge in [0.1, 0.15) is 5.82 Å². The first-order valence-corrected chi connectivity index (χ1v) is 8.34. The highest BCUT2D eigenvalue weighted by molar-refractivity contribution is 7.99. The minimum atomic E-state index is 0.537. The SMILES string of the molecule is CC(C)CNCC(C)Sc1nnc2n1CCCCC2. The molecule has 4 nitrogen and oxygen atoms in total. The predicted molar refractivity (Wildman–Crippen MR) is 80.6 cm³/mol. The summed E-state index contributed by atoms with van der Waals surface area (Å²) < 4.78 is 2.33. The minimum Gasteiger partial charge on any atom is -0.315 e. The van der Waals surface area contributed by atoms with Crippen LogP contribution in [-0.4, -0.2) is 33.1 Å². The monoisotopic (exact) mass is 282 g/mol. The molecular formula is C14H26N4S. The molecule has 0 radical (unpaired) electrons. The lowest BCUT2D eigenvalue weighted by molar-refractivity contribution is 0.552. The molecule has 108 valence electrons. The maximum atomic E-state index is 4.37. The second-order valence-corrected chi connectivity index (χ2v) is 7.25. The Hall–Kier alpha value is -0.550. The van der Waals surface area contributed by atoms with Gasteiger partial charge in [-0.05, 0) is 25.3 Å². The number of nitrogens with zero attached hydrogens (tertiary/aromatic N) is 3. The van der Waals surface area contributed by atoms with E-state index >= 15 is 0 Å². The first-order valence-electron chi connectivity index (χ1n) is 7.46. The average molecular weight is 282 g/mol. The fourth-order valence-electron chi connectivity index (χ4n) is 2.34. The van der Waals surface area contributed by atoms with Crippen molar-refractivity contribution in [3.8, 4) is 0 Å². The van der Waals surface area contributed by atoms with Gasteiger partial charge in [0.25, 0.3) is 0 Å². The van der Waals surface area contributed by atoms with Gasteiger partial charge in [-0.15, -0.1) is 10.2 Å². The van der Waals surface area contributed by atoms with Crippen LogP contribution in [0.3, 0.4) is 0 Å². The molecule has 1 aliphatic heterocycles. The van der Waals surface area contributed by atoms with Gasteiger partial charge in [0.15, 0.2) is 5.16 Å². The van der Waals surface area contributed by atoms with Gasteiger partial charge in [-0.1, -0.05) is 39.0 Å². The molecule has 1 aliphatic rings. The predicted octanol–water partition coefficient (Wildman–Crippen LogP) is 2.73. The van der Waals surface area contributed by atoms with Crippen molar-refractivity contribution in [2.75, 3.05) is 13.1 Å². The molecule has 0 aromatic carbocycles. The number of rotatable bonds is 6. The number of hydrogen-bond acceptors (Lipinski definition) is 4. The summed E-state index contributed by atoms with van der Waals surface area (Å²) in [5.74, 6) is 1.89. The lowest BCUT2D eigenvalue weighted by Crippen LogP contribution is -2.26. The molecule has 5 heteroatoms. The van der Waals surface area contributed by atoms with Crippen molar-refractivity contribution in [3.63, 3.8) is 0 Å². The van der Waals surface area contributed by atoms with E-state index in [4.69, 9.17) is 0 Å². The highest BCUT2D eigenvalue weighted by Gasteiger charge is 2.17. The Labute approximate surface area is 120 Å². The number of nitrogens with one attached hydrogen (secondary N) is 1. The molecule has 19 heavy (non-hydrogen) atoms. The van der Waals surface area contributed by atoms with E-state index in [1.807, 2.05) is 11.8 Å². The molecule has 1 unspecified atom stereocenters. The first kappa shape index (κ1) is 14.9. The van der Waals surface area contributed by atoms with E-state index in [-0.39, 0.29) is 0 Å². The Morgan fingerprint density at radius 2 is 2.00 bits per heavy atom. The zero-order chi connectivity index (χ0) is 13.7. The Bertz CT molecular complexity index is 389. The summed E-state index contributed by atoms with van der Waals surface area (Å²) in [5, 5.41) is 13.9. The van der Waals surface area contributed by atoms with Gasteiger partial charge >= 0.3 is 0 Å². The molecule has 1 aromatic heterocycles. The molecule has 1 N–H and O–H groups in total. The van der Waals surface area contributed by atoms with Gasteiger partial charge in [-0.25, -0.2) is 0 Å². The topological polar surface area (TPSA) is 42.7 Å². The second kappa shape index (κ2) is 7.29. The molecule has 0 aliphatic carbocycles. The van der Waals surface area contributed by atoms with Gasteiger partial charge in [-0.3, -0.25) is 0 Å². The van der Waals surface area contributed by atoms with Crippen LogP contribution >= 0.6 is 11.8 Å². The van der Waals surface area contributed by atoms with Gasteiger partial charge in [0.2, 0.25) is 0 Å². The molecule has 0 bridgehead atoms. The molecule has 1 aromatic rings. The largest absolute Gasteiger partial charge is 0.315 e. The van der Waals surface area contributed by atoms with Crippen LogP contribution in [0.1, 0.15) is 45.9 Å². The summed E-state index contributed by atoms with van der Waals surface area (Å²) in [7, 11) is 0. The summed E-state index contributed by atoms with van der Waals surface area (Å²) >= 11 is 1.85. The lowest BCUT2D eigenvalue weighted by Gasteiger charge is -2.14. The number of aromatic nitrogens is 3. The van der Waals surface area contributed by atoms with Crippen LogP contribution < -0.4 is 5.32 Å². The molecule has 0 amide bonds. The van der Waals surface area contributed by atoms with Crippen molar-refractivity contribution in [1.29, 1.82) is 0 Å².